The fraction of sp³-hybridized carbons (Fsp3) is 1.00. The zero-order chi connectivity index (χ0) is 17.0. The predicted octanol–water partition coefficient (Wildman–Crippen LogP) is 5.49. The third-order valence-corrected chi connectivity index (χ3v) is 4.77. The van der Waals surface area contributed by atoms with Gasteiger partial charge in [0.1, 0.15) is 6.17 Å². The quantitative estimate of drug-likeness (QED) is 0.459. The van der Waals surface area contributed by atoms with Crippen molar-refractivity contribution in [3.05, 3.63) is 0 Å². The number of halogens is 1. The van der Waals surface area contributed by atoms with Crippen LogP contribution in [0.25, 0.3) is 0 Å². The molecule has 0 radical (unpaired) electrons. The molecule has 0 fully saturated rings. The first-order chi connectivity index (χ1) is 10.4. The summed E-state index contributed by atoms with van der Waals surface area (Å²) in [4.78, 5) is 0. The molecular formula is C19H40FNO. The van der Waals surface area contributed by atoms with E-state index in [0.29, 0.717) is 18.4 Å². The van der Waals surface area contributed by atoms with Gasteiger partial charge in [-0.15, -0.1) is 0 Å². The van der Waals surface area contributed by atoms with Gasteiger partial charge in [-0.1, -0.05) is 53.9 Å². The molecule has 2 N–H and O–H groups in total. The van der Waals surface area contributed by atoms with Crippen molar-refractivity contribution in [2.24, 2.45) is 17.1 Å². The van der Waals surface area contributed by atoms with Gasteiger partial charge in [-0.3, -0.25) is 0 Å². The van der Waals surface area contributed by atoms with Crippen molar-refractivity contribution in [3.63, 3.8) is 0 Å². The average molecular weight is 318 g/mol. The van der Waals surface area contributed by atoms with E-state index in [9.17, 15) is 4.39 Å². The van der Waals surface area contributed by atoms with Crippen LogP contribution in [0.5, 0.6) is 0 Å². The molecule has 0 bridgehead atoms. The van der Waals surface area contributed by atoms with E-state index in [-0.39, 0.29) is 12.0 Å². The largest absolute Gasteiger partial charge is 0.378 e. The van der Waals surface area contributed by atoms with Crippen LogP contribution < -0.4 is 5.73 Å². The van der Waals surface area contributed by atoms with E-state index in [2.05, 4.69) is 34.6 Å². The van der Waals surface area contributed by atoms with Crippen LogP contribution in [0.15, 0.2) is 0 Å². The maximum atomic E-state index is 13.7. The molecule has 0 unspecified atom stereocenters. The lowest BCUT2D eigenvalue weighted by atomic mass is 9.74. The topological polar surface area (TPSA) is 35.2 Å². The molecule has 0 aromatic carbocycles. The third kappa shape index (κ3) is 9.78. The van der Waals surface area contributed by atoms with Crippen molar-refractivity contribution in [2.45, 2.75) is 98.3 Å². The Morgan fingerprint density at radius 3 is 2.32 bits per heavy atom. The Labute approximate surface area is 138 Å². The second-order valence-electron chi connectivity index (χ2n) is 7.38. The molecule has 0 aliphatic rings. The minimum absolute atomic E-state index is 0.0538. The first-order valence-electron chi connectivity index (χ1n) is 9.36. The molecule has 4 atom stereocenters. The Balaban J connectivity index is 4.46. The molecule has 0 rings (SSSR count). The summed E-state index contributed by atoms with van der Waals surface area (Å²) in [6.07, 6.45) is 7.90. The van der Waals surface area contributed by atoms with Crippen molar-refractivity contribution in [3.8, 4) is 0 Å². The van der Waals surface area contributed by atoms with E-state index < -0.39 is 6.17 Å². The number of ether oxygens (including phenoxy) is 1. The summed E-state index contributed by atoms with van der Waals surface area (Å²) in [5, 5.41) is 0. The zero-order valence-electron chi connectivity index (χ0n) is 15.7. The smallest absolute Gasteiger partial charge is 0.113 e. The Bertz CT molecular complexity index is 254. The lowest BCUT2D eigenvalue weighted by Crippen LogP contribution is -2.28. The van der Waals surface area contributed by atoms with Crippen LogP contribution in [0.1, 0.15) is 86.0 Å². The van der Waals surface area contributed by atoms with Gasteiger partial charge in [0.15, 0.2) is 0 Å². The van der Waals surface area contributed by atoms with E-state index in [0.717, 1.165) is 38.7 Å². The van der Waals surface area contributed by atoms with Crippen LogP contribution in [-0.4, -0.2) is 25.4 Å². The number of hydrogen-bond donors (Lipinski definition) is 1. The summed E-state index contributed by atoms with van der Waals surface area (Å²) in [6, 6.07) is 0. The second-order valence-corrected chi connectivity index (χ2v) is 7.38. The van der Waals surface area contributed by atoms with Gasteiger partial charge in [0, 0.05) is 13.2 Å². The number of nitrogens with two attached hydrogens (primary N) is 1. The summed E-state index contributed by atoms with van der Waals surface area (Å²) in [5.74, 6) is 0.564. The summed E-state index contributed by atoms with van der Waals surface area (Å²) in [7, 11) is 0. The Morgan fingerprint density at radius 2 is 1.82 bits per heavy atom. The van der Waals surface area contributed by atoms with Crippen LogP contribution in [-0.2, 0) is 4.74 Å². The fourth-order valence-electron chi connectivity index (χ4n) is 3.35. The van der Waals surface area contributed by atoms with Gasteiger partial charge >= 0.3 is 0 Å². The van der Waals surface area contributed by atoms with Gasteiger partial charge < -0.3 is 10.5 Å². The highest BCUT2D eigenvalue weighted by atomic mass is 19.1. The second kappa shape index (κ2) is 12.3. The van der Waals surface area contributed by atoms with Gasteiger partial charge in [-0.05, 0) is 43.4 Å². The van der Waals surface area contributed by atoms with Crippen LogP contribution >= 0.6 is 0 Å². The van der Waals surface area contributed by atoms with Gasteiger partial charge in [-0.2, -0.15) is 0 Å². The first-order valence-corrected chi connectivity index (χ1v) is 9.36. The zero-order valence-corrected chi connectivity index (χ0v) is 15.7. The van der Waals surface area contributed by atoms with E-state index in [1.807, 2.05) is 0 Å². The van der Waals surface area contributed by atoms with Gasteiger partial charge in [0.2, 0.25) is 0 Å². The maximum Gasteiger partial charge on any atom is 0.113 e. The maximum absolute atomic E-state index is 13.7. The molecule has 0 saturated heterocycles. The standard InChI is InChI=1S/C19H40FNO/c1-6-9-10-18(22-11-7-2)12-16(4)13-19(5,8-3)14-17(20)15-21/h16-18H,6-15,21H2,1-5H3/t16-,17-,18-,19+/m0/s1. The van der Waals surface area contributed by atoms with E-state index >= 15 is 0 Å². The molecule has 0 aromatic rings. The lowest BCUT2D eigenvalue weighted by molar-refractivity contribution is 0.0240. The highest BCUT2D eigenvalue weighted by Crippen LogP contribution is 2.37. The van der Waals surface area contributed by atoms with Crippen LogP contribution in [0.2, 0.25) is 0 Å². The molecule has 3 heteroatoms. The van der Waals surface area contributed by atoms with Crippen molar-refractivity contribution < 1.29 is 9.13 Å². The van der Waals surface area contributed by atoms with Crippen molar-refractivity contribution in [1.82, 2.24) is 0 Å². The highest BCUT2D eigenvalue weighted by Gasteiger charge is 2.29. The Morgan fingerprint density at radius 1 is 1.14 bits per heavy atom. The summed E-state index contributed by atoms with van der Waals surface area (Å²) in [5.41, 5.74) is 5.51. The minimum Gasteiger partial charge on any atom is -0.378 e. The molecule has 0 heterocycles. The van der Waals surface area contributed by atoms with Crippen LogP contribution in [0.4, 0.5) is 4.39 Å². The monoisotopic (exact) mass is 317 g/mol. The number of alkyl halides is 1. The molecule has 22 heavy (non-hydrogen) atoms. The summed E-state index contributed by atoms with van der Waals surface area (Å²) < 4.78 is 19.7. The number of unbranched alkanes of at least 4 members (excludes halogenated alkanes) is 1. The van der Waals surface area contributed by atoms with Crippen molar-refractivity contribution in [2.75, 3.05) is 13.2 Å². The third-order valence-electron chi connectivity index (χ3n) is 4.77. The minimum atomic E-state index is -0.871. The number of rotatable bonds is 14. The molecular weight excluding hydrogens is 277 g/mol. The summed E-state index contributed by atoms with van der Waals surface area (Å²) >= 11 is 0. The molecule has 134 valence electrons. The molecule has 2 nitrogen and oxygen atoms in total. The number of hydrogen-bond acceptors (Lipinski definition) is 2. The Hall–Kier alpha value is -0.150. The average Bonchev–Trinajstić information content (AvgIpc) is 2.49. The van der Waals surface area contributed by atoms with E-state index in [1.165, 1.54) is 12.8 Å². The molecule has 0 saturated carbocycles. The highest BCUT2D eigenvalue weighted by molar-refractivity contribution is 4.80. The molecule has 0 aliphatic heterocycles. The predicted molar refractivity (Wildman–Crippen MR) is 94.9 cm³/mol. The first kappa shape index (κ1) is 21.9. The molecule has 0 spiro atoms. The van der Waals surface area contributed by atoms with E-state index in [4.69, 9.17) is 10.5 Å². The van der Waals surface area contributed by atoms with Crippen LogP contribution in [0, 0.1) is 11.3 Å². The Kier molecular flexibility index (Phi) is 12.2. The fourth-order valence-corrected chi connectivity index (χ4v) is 3.35. The molecule has 0 aromatic heterocycles. The normalized spacial score (nSPS) is 18.7. The SMILES string of the molecule is CCCC[C@@H](C[C@H](C)C[C@@](C)(CC)C[C@H](F)CN)OCCC. The molecule has 0 amide bonds. The summed E-state index contributed by atoms with van der Waals surface area (Å²) in [6.45, 7) is 12.0. The van der Waals surface area contributed by atoms with E-state index in [1.54, 1.807) is 0 Å². The van der Waals surface area contributed by atoms with Gasteiger partial charge in [0.25, 0.3) is 0 Å². The van der Waals surface area contributed by atoms with Crippen molar-refractivity contribution in [1.29, 1.82) is 0 Å². The lowest BCUT2D eigenvalue weighted by Gasteiger charge is -2.33. The van der Waals surface area contributed by atoms with Crippen molar-refractivity contribution >= 4 is 0 Å². The van der Waals surface area contributed by atoms with Crippen LogP contribution in [0.3, 0.4) is 0 Å². The molecule has 0 aliphatic carbocycles. The van der Waals surface area contributed by atoms with Gasteiger partial charge in [-0.25, -0.2) is 4.39 Å². The van der Waals surface area contributed by atoms with Gasteiger partial charge in [0.05, 0.1) is 6.10 Å².